The minimum Gasteiger partial charge on any atom is -0.288 e. The summed E-state index contributed by atoms with van der Waals surface area (Å²) in [7, 11) is 0. The van der Waals surface area contributed by atoms with Crippen molar-refractivity contribution in [2.75, 3.05) is 0 Å². The molecule has 0 aliphatic rings. The van der Waals surface area contributed by atoms with Crippen molar-refractivity contribution in [3.63, 3.8) is 0 Å². The van der Waals surface area contributed by atoms with Gasteiger partial charge in [-0.2, -0.15) is 0 Å². The van der Waals surface area contributed by atoms with E-state index < -0.39 is 5.82 Å². The lowest BCUT2D eigenvalue weighted by Gasteiger charge is -2.09. The van der Waals surface area contributed by atoms with E-state index in [1.165, 1.54) is 12.3 Å². The maximum atomic E-state index is 13.6. The molecule has 18 heavy (non-hydrogen) atoms. The molecule has 0 bridgehead atoms. The number of carbonyl (C=O) groups is 1. The third-order valence-corrected chi connectivity index (χ3v) is 3.10. The van der Waals surface area contributed by atoms with E-state index in [9.17, 15) is 9.18 Å². The van der Waals surface area contributed by atoms with Gasteiger partial charge in [-0.3, -0.25) is 9.78 Å². The van der Waals surface area contributed by atoms with Crippen LogP contribution in [0.1, 0.15) is 32.6 Å². The first-order valence-electron chi connectivity index (χ1n) is 5.72. The molecule has 3 heteroatoms. The van der Waals surface area contributed by atoms with Gasteiger partial charge in [-0.25, -0.2) is 4.39 Å². The summed E-state index contributed by atoms with van der Waals surface area (Å²) in [6.45, 7) is 5.79. The van der Waals surface area contributed by atoms with Crippen molar-refractivity contribution in [1.82, 2.24) is 4.98 Å². The largest absolute Gasteiger partial charge is 0.288 e. The van der Waals surface area contributed by atoms with Crippen LogP contribution in [-0.2, 0) is 0 Å². The molecule has 2 aromatic rings. The van der Waals surface area contributed by atoms with E-state index in [2.05, 4.69) is 4.98 Å². The fourth-order valence-corrected chi connectivity index (χ4v) is 1.91. The lowest BCUT2D eigenvalue weighted by atomic mass is 9.95. The van der Waals surface area contributed by atoms with E-state index in [1.807, 2.05) is 32.9 Å². The highest BCUT2D eigenvalue weighted by Gasteiger charge is 2.16. The average Bonchev–Trinajstić information content (AvgIpc) is 2.33. The number of ketones is 1. The highest BCUT2D eigenvalue weighted by molar-refractivity contribution is 6.10. The number of pyridine rings is 1. The van der Waals surface area contributed by atoms with E-state index >= 15 is 0 Å². The molecule has 0 saturated carbocycles. The summed E-state index contributed by atoms with van der Waals surface area (Å²) in [5, 5.41) is 0. The van der Waals surface area contributed by atoms with Crippen molar-refractivity contribution in [2.45, 2.75) is 20.8 Å². The lowest BCUT2D eigenvalue weighted by molar-refractivity contribution is 0.103. The van der Waals surface area contributed by atoms with Gasteiger partial charge in [0.2, 0.25) is 0 Å². The summed E-state index contributed by atoms with van der Waals surface area (Å²) in [6.07, 6.45) is 2.48. The molecule has 92 valence electrons. The predicted molar refractivity (Wildman–Crippen MR) is 68.3 cm³/mol. The van der Waals surface area contributed by atoms with E-state index in [1.54, 1.807) is 0 Å². The zero-order valence-electron chi connectivity index (χ0n) is 10.6. The topological polar surface area (TPSA) is 30.0 Å². The summed E-state index contributed by atoms with van der Waals surface area (Å²) < 4.78 is 13.6. The van der Waals surface area contributed by atoms with Gasteiger partial charge in [0.25, 0.3) is 0 Å². The predicted octanol–water partition coefficient (Wildman–Crippen LogP) is 3.38. The van der Waals surface area contributed by atoms with Gasteiger partial charge in [-0.1, -0.05) is 6.07 Å². The summed E-state index contributed by atoms with van der Waals surface area (Å²) >= 11 is 0. The van der Waals surface area contributed by atoms with Gasteiger partial charge < -0.3 is 0 Å². The van der Waals surface area contributed by atoms with Gasteiger partial charge >= 0.3 is 0 Å². The van der Waals surface area contributed by atoms with Crippen LogP contribution in [0.2, 0.25) is 0 Å². The molecule has 0 amide bonds. The molecule has 0 N–H and O–H groups in total. The number of hydrogen-bond acceptors (Lipinski definition) is 2. The normalized spacial score (nSPS) is 10.4. The Morgan fingerprint density at radius 3 is 2.39 bits per heavy atom. The Morgan fingerprint density at radius 1 is 1.06 bits per heavy atom. The zero-order chi connectivity index (χ0) is 13.3. The smallest absolute Gasteiger partial charge is 0.196 e. The number of nitrogens with zero attached hydrogens (tertiary/aromatic N) is 1. The average molecular weight is 243 g/mol. The monoisotopic (exact) mass is 243 g/mol. The minimum absolute atomic E-state index is 0.0661. The molecule has 1 heterocycles. The Balaban J connectivity index is 2.53. The molecule has 0 spiro atoms. The Hall–Kier alpha value is -2.03. The molecular formula is C15H14FNO. The molecule has 0 aliphatic heterocycles. The van der Waals surface area contributed by atoms with Gasteiger partial charge in [0, 0.05) is 11.8 Å². The maximum Gasteiger partial charge on any atom is 0.196 e. The van der Waals surface area contributed by atoms with E-state index in [0.29, 0.717) is 5.56 Å². The summed E-state index contributed by atoms with van der Waals surface area (Å²) in [5.41, 5.74) is 3.62. The maximum absolute atomic E-state index is 13.6. The zero-order valence-corrected chi connectivity index (χ0v) is 10.6. The molecule has 0 atom stereocenters. The van der Waals surface area contributed by atoms with Crippen molar-refractivity contribution < 1.29 is 9.18 Å². The summed E-state index contributed by atoms with van der Waals surface area (Å²) in [4.78, 5) is 15.9. The minimum atomic E-state index is -0.583. The van der Waals surface area contributed by atoms with Crippen LogP contribution in [0.25, 0.3) is 0 Å². The first kappa shape index (κ1) is 12.4. The quantitative estimate of drug-likeness (QED) is 0.757. The van der Waals surface area contributed by atoms with Crippen molar-refractivity contribution in [2.24, 2.45) is 0 Å². The standard InChI is InChI=1S/C15H14FNO/c1-9-6-11(3)13(7-10(9)2)15(18)12-4-5-17-8-14(12)16/h4-8H,1-3H3. The lowest BCUT2D eigenvalue weighted by Crippen LogP contribution is -2.07. The summed E-state index contributed by atoms with van der Waals surface area (Å²) in [6, 6.07) is 5.17. The highest BCUT2D eigenvalue weighted by atomic mass is 19.1. The number of aryl methyl sites for hydroxylation is 3. The van der Waals surface area contributed by atoms with Gasteiger partial charge in [0.1, 0.15) is 0 Å². The number of carbonyl (C=O) groups excluding carboxylic acids is 1. The molecule has 0 saturated heterocycles. The van der Waals surface area contributed by atoms with Gasteiger partial charge in [0.15, 0.2) is 11.6 Å². The van der Waals surface area contributed by atoms with Crippen LogP contribution in [0.15, 0.2) is 30.6 Å². The Morgan fingerprint density at radius 2 is 1.72 bits per heavy atom. The van der Waals surface area contributed by atoms with Crippen molar-refractivity contribution >= 4 is 5.78 Å². The molecule has 0 unspecified atom stereocenters. The molecule has 2 rings (SSSR count). The van der Waals surface area contributed by atoms with Crippen LogP contribution in [-0.4, -0.2) is 10.8 Å². The van der Waals surface area contributed by atoms with Crippen molar-refractivity contribution in [3.05, 3.63) is 64.2 Å². The first-order chi connectivity index (χ1) is 8.50. The fraction of sp³-hybridized carbons (Fsp3) is 0.200. The summed E-state index contributed by atoms with van der Waals surface area (Å²) in [5.74, 6) is -0.879. The van der Waals surface area contributed by atoms with Crippen molar-refractivity contribution in [3.8, 4) is 0 Å². The number of halogens is 1. The number of benzene rings is 1. The van der Waals surface area contributed by atoms with Crippen LogP contribution < -0.4 is 0 Å². The van der Waals surface area contributed by atoms with Crippen LogP contribution in [0.3, 0.4) is 0 Å². The van der Waals surface area contributed by atoms with E-state index in [0.717, 1.165) is 22.9 Å². The van der Waals surface area contributed by atoms with Crippen LogP contribution in [0.4, 0.5) is 4.39 Å². The van der Waals surface area contributed by atoms with Gasteiger partial charge in [0.05, 0.1) is 11.8 Å². The fourth-order valence-electron chi connectivity index (χ4n) is 1.91. The molecule has 1 aromatic carbocycles. The molecule has 2 nitrogen and oxygen atoms in total. The van der Waals surface area contributed by atoms with Gasteiger partial charge in [-0.15, -0.1) is 0 Å². The number of rotatable bonds is 2. The number of hydrogen-bond donors (Lipinski definition) is 0. The third kappa shape index (κ3) is 2.16. The van der Waals surface area contributed by atoms with Gasteiger partial charge in [-0.05, 0) is 49.6 Å². The SMILES string of the molecule is Cc1cc(C)c(C(=O)c2ccncc2F)cc1C. The molecule has 0 aliphatic carbocycles. The van der Waals surface area contributed by atoms with Crippen molar-refractivity contribution in [1.29, 1.82) is 0 Å². The third-order valence-electron chi connectivity index (χ3n) is 3.10. The van der Waals surface area contributed by atoms with E-state index in [-0.39, 0.29) is 11.3 Å². The second-order valence-corrected chi connectivity index (χ2v) is 4.44. The Labute approximate surface area is 105 Å². The highest BCUT2D eigenvalue weighted by Crippen LogP contribution is 2.19. The van der Waals surface area contributed by atoms with Crippen LogP contribution >= 0.6 is 0 Å². The second-order valence-electron chi connectivity index (χ2n) is 4.44. The number of aromatic nitrogens is 1. The molecule has 0 fully saturated rings. The molecule has 1 aromatic heterocycles. The van der Waals surface area contributed by atoms with Crippen LogP contribution in [0.5, 0.6) is 0 Å². The molecular weight excluding hydrogens is 229 g/mol. The second kappa shape index (κ2) is 4.69. The Bertz CT molecular complexity index is 620. The first-order valence-corrected chi connectivity index (χ1v) is 5.72. The van der Waals surface area contributed by atoms with E-state index in [4.69, 9.17) is 0 Å². The molecule has 0 radical (unpaired) electrons. The Kier molecular flexibility index (Phi) is 3.24. The van der Waals surface area contributed by atoms with Crippen LogP contribution in [0, 0.1) is 26.6 Å².